The van der Waals surface area contributed by atoms with E-state index in [1.165, 1.54) is 16.8 Å². The van der Waals surface area contributed by atoms with Gasteiger partial charge >= 0.3 is 0 Å². The summed E-state index contributed by atoms with van der Waals surface area (Å²) in [5, 5.41) is 3.43. The molecule has 0 saturated carbocycles. The summed E-state index contributed by atoms with van der Waals surface area (Å²) in [5.41, 5.74) is 3.89. The molecule has 2 aromatic rings. The van der Waals surface area contributed by atoms with Crippen LogP contribution < -0.4 is 10.2 Å². The van der Waals surface area contributed by atoms with Crippen molar-refractivity contribution in [3.63, 3.8) is 0 Å². The lowest BCUT2D eigenvalue weighted by Gasteiger charge is -2.36. The van der Waals surface area contributed by atoms with Crippen LogP contribution in [0, 0.1) is 0 Å². The van der Waals surface area contributed by atoms with E-state index in [4.69, 9.17) is 0 Å². The second-order valence-corrected chi connectivity index (χ2v) is 5.16. The molecule has 1 aliphatic heterocycles. The van der Waals surface area contributed by atoms with Gasteiger partial charge in [0.2, 0.25) is 0 Å². The highest BCUT2D eigenvalue weighted by atomic mass is 15.2. The summed E-state index contributed by atoms with van der Waals surface area (Å²) in [7, 11) is 0. The first-order valence-electron chi connectivity index (χ1n) is 6.97. The highest BCUT2D eigenvalue weighted by Crippen LogP contribution is 2.24. The predicted octanol–water partition coefficient (Wildman–Crippen LogP) is 3.15. The lowest BCUT2D eigenvalue weighted by atomic mass is 10.0. The fraction of sp³-hybridized carbons (Fsp3) is 0.294. The van der Waals surface area contributed by atoms with E-state index in [1.54, 1.807) is 0 Å². The van der Waals surface area contributed by atoms with Crippen molar-refractivity contribution in [2.75, 3.05) is 24.5 Å². The minimum Gasteiger partial charge on any atom is -0.366 e. The molecular formula is C17H20N2. The van der Waals surface area contributed by atoms with Crippen molar-refractivity contribution in [2.45, 2.75) is 13.0 Å². The lowest BCUT2D eigenvalue weighted by molar-refractivity contribution is 0.501. The van der Waals surface area contributed by atoms with E-state index in [0.717, 1.165) is 19.6 Å². The molecular weight excluding hydrogens is 232 g/mol. The van der Waals surface area contributed by atoms with Crippen molar-refractivity contribution in [1.29, 1.82) is 0 Å². The van der Waals surface area contributed by atoms with Gasteiger partial charge in [0.15, 0.2) is 0 Å². The molecule has 19 heavy (non-hydrogen) atoms. The number of nitrogens with zero attached hydrogens (tertiary/aromatic N) is 1. The molecule has 2 heteroatoms. The number of hydrogen-bond acceptors (Lipinski definition) is 2. The van der Waals surface area contributed by atoms with Crippen LogP contribution in [0.3, 0.4) is 0 Å². The maximum absolute atomic E-state index is 3.43. The molecule has 1 unspecified atom stereocenters. The van der Waals surface area contributed by atoms with Crippen molar-refractivity contribution in [3.05, 3.63) is 54.6 Å². The fourth-order valence-electron chi connectivity index (χ4n) is 2.70. The maximum atomic E-state index is 3.43. The van der Waals surface area contributed by atoms with Gasteiger partial charge in [0.05, 0.1) is 0 Å². The van der Waals surface area contributed by atoms with Crippen LogP contribution in [0.15, 0.2) is 54.6 Å². The molecule has 0 spiro atoms. The highest BCUT2D eigenvalue weighted by Gasteiger charge is 2.17. The van der Waals surface area contributed by atoms with E-state index in [2.05, 4.69) is 71.7 Å². The average molecular weight is 252 g/mol. The quantitative estimate of drug-likeness (QED) is 0.883. The van der Waals surface area contributed by atoms with Crippen molar-refractivity contribution < 1.29 is 0 Å². The average Bonchev–Trinajstić information content (AvgIpc) is 2.49. The van der Waals surface area contributed by atoms with Crippen molar-refractivity contribution >= 4 is 5.69 Å². The number of hydrogen-bond donors (Lipinski definition) is 1. The van der Waals surface area contributed by atoms with E-state index in [1.807, 2.05) is 0 Å². The van der Waals surface area contributed by atoms with Gasteiger partial charge < -0.3 is 10.2 Å². The topological polar surface area (TPSA) is 15.3 Å². The summed E-state index contributed by atoms with van der Waals surface area (Å²) in [6.07, 6.45) is 0. The molecule has 1 atom stereocenters. The zero-order valence-corrected chi connectivity index (χ0v) is 11.3. The van der Waals surface area contributed by atoms with E-state index >= 15 is 0 Å². The Morgan fingerprint density at radius 2 is 1.63 bits per heavy atom. The lowest BCUT2D eigenvalue weighted by Crippen LogP contribution is -2.49. The van der Waals surface area contributed by atoms with E-state index < -0.39 is 0 Å². The Hall–Kier alpha value is -1.80. The SMILES string of the molecule is CC1CNCCN1c1ccc(-c2ccccc2)cc1. The number of anilines is 1. The summed E-state index contributed by atoms with van der Waals surface area (Å²) in [6, 6.07) is 20.0. The number of rotatable bonds is 2. The summed E-state index contributed by atoms with van der Waals surface area (Å²) < 4.78 is 0. The molecule has 0 aromatic heterocycles. The Morgan fingerprint density at radius 3 is 2.32 bits per heavy atom. The van der Waals surface area contributed by atoms with Crippen molar-refractivity contribution in [2.24, 2.45) is 0 Å². The van der Waals surface area contributed by atoms with Crippen LogP contribution >= 0.6 is 0 Å². The van der Waals surface area contributed by atoms with Gasteiger partial charge in [-0.25, -0.2) is 0 Å². The molecule has 1 heterocycles. The zero-order chi connectivity index (χ0) is 13.1. The second-order valence-electron chi connectivity index (χ2n) is 5.16. The van der Waals surface area contributed by atoms with Gasteiger partial charge in [0.1, 0.15) is 0 Å². The van der Waals surface area contributed by atoms with Gasteiger partial charge in [0, 0.05) is 31.4 Å². The second kappa shape index (κ2) is 5.45. The van der Waals surface area contributed by atoms with Gasteiger partial charge in [-0.2, -0.15) is 0 Å². The first kappa shape index (κ1) is 12.2. The molecule has 0 radical (unpaired) electrons. The summed E-state index contributed by atoms with van der Waals surface area (Å²) >= 11 is 0. The molecule has 2 aromatic carbocycles. The minimum atomic E-state index is 0.566. The van der Waals surface area contributed by atoms with Crippen LogP contribution in [0.5, 0.6) is 0 Å². The third kappa shape index (κ3) is 2.64. The number of nitrogens with one attached hydrogen (secondary N) is 1. The van der Waals surface area contributed by atoms with Crippen molar-refractivity contribution in [1.82, 2.24) is 5.32 Å². The Morgan fingerprint density at radius 1 is 0.947 bits per heavy atom. The Kier molecular flexibility index (Phi) is 3.51. The largest absolute Gasteiger partial charge is 0.366 e. The zero-order valence-electron chi connectivity index (χ0n) is 11.3. The molecule has 1 saturated heterocycles. The summed E-state index contributed by atoms with van der Waals surface area (Å²) in [6.45, 7) is 5.51. The number of benzene rings is 2. The minimum absolute atomic E-state index is 0.566. The Bertz CT molecular complexity index is 519. The summed E-state index contributed by atoms with van der Waals surface area (Å²) in [4.78, 5) is 2.48. The highest BCUT2D eigenvalue weighted by molar-refractivity contribution is 5.66. The molecule has 3 rings (SSSR count). The molecule has 0 bridgehead atoms. The molecule has 1 fully saturated rings. The molecule has 0 aliphatic carbocycles. The third-order valence-corrected chi connectivity index (χ3v) is 3.81. The smallest absolute Gasteiger partial charge is 0.0386 e. The fourth-order valence-corrected chi connectivity index (χ4v) is 2.70. The van der Waals surface area contributed by atoms with Gasteiger partial charge in [0.25, 0.3) is 0 Å². The molecule has 98 valence electrons. The molecule has 1 aliphatic rings. The van der Waals surface area contributed by atoms with Crippen LogP contribution in [0.2, 0.25) is 0 Å². The third-order valence-electron chi connectivity index (χ3n) is 3.81. The standard InChI is InChI=1S/C17H20N2/c1-14-13-18-11-12-19(14)17-9-7-16(8-10-17)15-5-3-2-4-6-15/h2-10,14,18H,11-13H2,1H3. The van der Waals surface area contributed by atoms with E-state index in [-0.39, 0.29) is 0 Å². The van der Waals surface area contributed by atoms with Crippen LogP contribution in [-0.4, -0.2) is 25.7 Å². The molecule has 1 N–H and O–H groups in total. The van der Waals surface area contributed by atoms with E-state index in [9.17, 15) is 0 Å². The van der Waals surface area contributed by atoms with E-state index in [0.29, 0.717) is 6.04 Å². The normalized spacial score (nSPS) is 19.4. The predicted molar refractivity (Wildman–Crippen MR) is 81.6 cm³/mol. The first-order valence-corrected chi connectivity index (χ1v) is 6.97. The van der Waals surface area contributed by atoms with Gasteiger partial charge in [-0.05, 0) is 30.2 Å². The van der Waals surface area contributed by atoms with Gasteiger partial charge in [-0.15, -0.1) is 0 Å². The first-order chi connectivity index (χ1) is 9.34. The molecule has 0 amide bonds. The van der Waals surface area contributed by atoms with Crippen LogP contribution in [0.1, 0.15) is 6.92 Å². The Balaban J connectivity index is 1.83. The monoisotopic (exact) mass is 252 g/mol. The van der Waals surface area contributed by atoms with Gasteiger partial charge in [-0.3, -0.25) is 0 Å². The number of piperazine rings is 1. The van der Waals surface area contributed by atoms with Crippen LogP contribution in [0.4, 0.5) is 5.69 Å². The summed E-state index contributed by atoms with van der Waals surface area (Å²) in [5.74, 6) is 0. The van der Waals surface area contributed by atoms with Crippen LogP contribution in [0.25, 0.3) is 11.1 Å². The maximum Gasteiger partial charge on any atom is 0.0386 e. The van der Waals surface area contributed by atoms with Gasteiger partial charge in [-0.1, -0.05) is 42.5 Å². The molecule has 2 nitrogen and oxygen atoms in total. The van der Waals surface area contributed by atoms with Crippen LogP contribution in [-0.2, 0) is 0 Å². The Labute approximate surface area is 115 Å². The van der Waals surface area contributed by atoms with Crippen molar-refractivity contribution in [3.8, 4) is 11.1 Å².